The molecule has 0 unspecified atom stereocenters. The van der Waals surface area contributed by atoms with Crippen molar-refractivity contribution in [1.82, 2.24) is 4.98 Å². The zero-order chi connectivity index (χ0) is 16.1. The molecule has 0 amide bonds. The Kier molecular flexibility index (Phi) is 0.424. The number of hydrogen-bond donors (Lipinski definition) is 1. The number of nitrogens with zero attached hydrogens (tertiary/aromatic N) is 1. The third-order valence-electron chi connectivity index (χ3n) is 0.816. The Labute approximate surface area is 74.6 Å². The van der Waals surface area contributed by atoms with Crippen LogP contribution in [0.3, 0.4) is 0 Å². The summed E-state index contributed by atoms with van der Waals surface area (Å²) < 4.78 is 73.3. The van der Waals surface area contributed by atoms with Gasteiger partial charge in [0.25, 0.3) is 0 Å². The van der Waals surface area contributed by atoms with E-state index in [4.69, 9.17) is 13.7 Å². The zero-order valence-electron chi connectivity index (χ0n) is 14.9. The highest BCUT2D eigenvalue weighted by atomic mass is 16.3. The predicted molar refractivity (Wildman–Crippen MR) is 40.0 cm³/mol. The smallest absolute Gasteiger partial charge is 0.118 e. The first-order valence-corrected chi connectivity index (χ1v) is 2.42. The molecule has 0 bridgehead atoms. The maximum Gasteiger partial charge on any atom is 0.118 e. The second-order valence-corrected chi connectivity index (χ2v) is 1.55. The molecule has 0 atom stereocenters. The average molecular weight is 147 g/mol. The van der Waals surface area contributed by atoms with Crippen LogP contribution >= 0.6 is 0 Å². The van der Waals surface area contributed by atoms with Crippen LogP contribution in [0.2, 0.25) is 0 Å². The lowest BCUT2D eigenvalue weighted by molar-refractivity contribution is 0.473. The summed E-state index contributed by atoms with van der Waals surface area (Å²) in [7, 11) is 0. The number of pyridine rings is 1. The molecule has 1 heterocycles. The minimum atomic E-state index is -3.37. The fourth-order valence-electron chi connectivity index (χ4n) is 0.427. The monoisotopic (exact) mass is 147 g/mol. The Morgan fingerprint density at radius 1 is 1.90 bits per heavy atom. The van der Waals surface area contributed by atoms with Crippen molar-refractivity contribution in [2.24, 2.45) is 0 Å². The van der Waals surface area contributed by atoms with E-state index in [0.717, 1.165) is 0 Å². The minimum absolute atomic E-state index is 0.836. The molecule has 0 fully saturated rings. The first-order valence-electron chi connectivity index (χ1n) is 7.42. The molecule has 0 aliphatic heterocycles. The minimum Gasteiger partial charge on any atom is -0.508 e. The molecule has 0 radical (unpaired) electrons. The largest absolute Gasteiger partial charge is 0.508 e. The second-order valence-electron chi connectivity index (χ2n) is 1.55. The third-order valence-corrected chi connectivity index (χ3v) is 0.816. The van der Waals surface area contributed by atoms with E-state index in [-0.39, 0.29) is 0 Å². The van der Waals surface area contributed by atoms with E-state index < -0.39 is 49.3 Å². The normalized spacial score (nSPS) is 28.4. The summed E-state index contributed by atoms with van der Waals surface area (Å²) in [5, 5.41) is 9.48. The molecule has 0 spiro atoms. The van der Waals surface area contributed by atoms with Crippen LogP contribution in [-0.2, 0) is 0 Å². The number of hydrogen-bond acceptors (Lipinski definition) is 2. The van der Waals surface area contributed by atoms with Crippen molar-refractivity contribution in [3.63, 3.8) is 0 Å². The summed E-state index contributed by atoms with van der Waals surface area (Å²) in [6.45, 7) is -6.74. The van der Waals surface area contributed by atoms with E-state index in [1.807, 2.05) is 0 Å². The molecule has 0 aromatic carbocycles. The van der Waals surface area contributed by atoms with Crippen LogP contribution in [0.15, 0.2) is 18.3 Å². The van der Waals surface area contributed by atoms with Crippen LogP contribution < -0.4 is 0 Å². The quantitative estimate of drug-likeness (QED) is 0.658. The molecule has 0 aliphatic carbocycles. The fraction of sp³-hybridized carbons (Fsp3) is 0.375. The Morgan fingerprint density at radius 2 is 2.70 bits per heavy atom. The Hall–Kier alpha value is -1.05. The maximum atomic E-state index is 9.48. The van der Waals surface area contributed by atoms with Crippen LogP contribution in [0.4, 0.5) is 0 Å². The van der Waals surface area contributed by atoms with Crippen LogP contribution in [0.1, 0.15) is 39.0 Å². The summed E-state index contributed by atoms with van der Waals surface area (Å²) in [5.74, 6) is -4.36. The molecule has 1 N–H and O–H groups in total. The molecule has 2 nitrogen and oxygen atoms in total. The van der Waals surface area contributed by atoms with Gasteiger partial charge in [-0.15, -0.1) is 0 Å². The van der Waals surface area contributed by atoms with Gasteiger partial charge < -0.3 is 5.11 Å². The van der Waals surface area contributed by atoms with Crippen LogP contribution in [0, 0.1) is 0 Å². The van der Waals surface area contributed by atoms with Gasteiger partial charge >= 0.3 is 0 Å². The average Bonchev–Trinajstić information content (AvgIpc) is 2.27. The van der Waals surface area contributed by atoms with E-state index >= 15 is 0 Å². The lowest BCUT2D eigenvalue weighted by Crippen LogP contribution is -1.89. The molecule has 0 saturated heterocycles. The molecule has 1 rings (SSSR count). The van der Waals surface area contributed by atoms with Gasteiger partial charge in [-0.2, -0.15) is 0 Å². The van der Waals surface area contributed by atoms with Gasteiger partial charge in [0.15, 0.2) is 0 Å². The van der Waals surface area contributed by atoms with Gasteiger partial charge in [0.05, 0.1) is 4.11 Å². The Morgan fingerprint density at radius 3 is 3.40 bits per heavy atom. The van der Waals surface area contributed by atoms with Crippen molar-refractivity contribution in [3.8, 4) is 5.75 Å². The van der Waals surface area contributed by atoms with Gasteiger partial charge in [0, 0.05) is 27.5 Å². The molecule has 54 valence electrons. The van der Waals surface area contributed by atoms with Gasteiger partial charge in [-0.1, -0.05) is 13.7 Å². The lowest BCUT2D eigenvalue weighted by atomic mass is 10.1. The van der Waals surface area contributed by atoms with Gasteiger partial charge in [0.2, 0.25) is 0 Å². The van der Waals surface area contributed by atoms with E-state index in [2.05, 4.69) is 4.98 Å². The van der Waals surface area contributed by atoms with Crippen molar-refractivity contribution in [1.29, 1.82) is 0 Å². The maximum absolute atomic E-state index is 9.48. The van der Waals surface area contributed by atoms with Crippen molar-refractivity contribution in [2.45, 2.75) is 19.6 Å². The van der Waals surface area contributed by atoms with Gasteiger partial charge in [-0.25, -0.2) is 0 Å². The van der Waals surface area contributed by atoms with Crippen LogP contribution in [-0.4, -0.2) is 10.1 Å². The highest BCUT2D eigenvalue weighted by Gasteiger charge is 1.99. The second kappa shape index (κ2) is 2.69. The topological polar surface area (TPSA) is 33.1 Å². The molecule has 1 aromatic heterocycles. The van der Waals surface area contributed by atoms with E-state index in [0.29, 0.717) is 0 Å². The molecule has 1 aromatic rings. The molecular formula is C8H11NO. The Balaban J connectivity index is 3.79. The van der Waals surface area contributed by atoms with E-state index in [1.165, 1.54) is 0 Å². The molecular weight excluding hydrogens is 126 g/mol. The highest BCUT2D eigenvalue weighted by Crippen LogP contribution is 2.15. The highest BCUT2D eigenvalue weighted by molar-refractivity contribution is 5.22. The first kappa shape index (κ1) is 1.58. The summed E-state index contributed by atoms with van der Waals surface area (Å²) in [6.07, 6.45) is -0.904. The van der Waals surface area contributed by atoms with E-state index in [1.54, 1.807) is 0 Å². The molecule has 0 aliphatic rings. The number of aromatic hydroxyl groups is 1. The SMILES string of the molecule is [2H]c1nc(C([2H])(C([2H])([2H])[2H])C([2H])([2H])[2H])c([2H])c(O)c1[2H]. The number of aromatic nitrogens is 1. The first-order chi connectivity index (χ1) is 8.75. The summed E-state index contributed by atoms with van der Waals surface area (Å²) in [4.78, 5) is 3.26. The van der Waals surface area contributed by atoms with Crippen molar-refractivity contribution in [2.75, 3.05) is 0 Å². The molecule has 10 heavy (non-hydrogen) atoms. The van der Waals surface area contributed by atoms with Crippen LogP contribution in [0.5, 0.6) is 5.75 Å². The van der Waals surface area contributed by atoms with Gasteiger partial charge in [-0.3, -0.25) is 4.98 Å². The summed E-state index contributed by atoms with van der Waals surface area (Å²) in [6, 6.07) is -1.88. The van der Waals surface area contributed by atoms with E-state index in [9.17, 15) is 5.11 Å². The molecule has 2 heteroatoms. The summed E-state index contributed by atoms with van der Waals surface area (Å²) in [5.41, 5.74) is -1.07. The van der Waals surface area contributed by atoms with Crippen molar-refractivity contribution < 1.29 is 18.8 Å². The molecule has 0 saturated carbocycles. The van der Waals surface area contributed by atoms with Gasteiger partial charge in [-0.05, 0) is 11.9 Å². The fourth-order valence-corrected chi connectivity index (χ4v) is 0.427. The standard InChI is InChI=1S/C8H11NO/c1-6(2)8-5-7(10)3-4-9-8/h3-6H,1-2H3,(H,9,10)/i1D3,2D3,3D,4D,5D,6D. The summed E-state index contributed by atoms with van der Waals surface area (Å²) >= 11 is 0. The zero-order valence-corrected chi connectivity index (χ0v) is 4.89. The number of rotatable bonds is 1. The Bertz CT molecular complexity index is 520. The third kappa shape index (κ3) is 1.47. The van der Waals surface area contributed by atoms with Crippen LogP contribution in [0.25, 0.3) is 0 Å². The van der Waals surface area contributed by atoms with Gasteiger partial charge in [0.1, 0.15) is 5.75 Å². The van der Waals surface area contributed by atoms with Crippen molar-refractivity contribution in [3.05, 3.63) is 24.0 Å². The lowest BCUT2D eigenvalue weighted by Gasteiger charge is -2.02. The predicted octanol–water partition coefficient (Wildman–Crippen LogP) is 1.91. The van der Waals surface area contributed by atoms with Crippen molar-refractivity contribution >= 4 is 0 Å².